The Morgan fingerprint density at radius 2 is 1.82 bits per heavy atom. The maximum atomic E-state index is 12.1. The van der Waals surface area contributed by atoms with E-state index >= 15 is 0 Å². The van der Waals surface area contributed by atoms with Gasteiger partial charge in [0, 0.05) is 11.8 Å². The number of hydrogen-bond acceptors (Lipinski definition) is 4. The topological polar surface area (TPSA) is 53.4 Å². The fourth-order valence-electron chi connectivity index (χ4n) is 2.00. The van der Waals surface area contributed by atoms with Crippen LogP contribution >= 0.6 is 0 Å². The minimum absolute atomic E-state index is 0.490. The van der Waals surface area contributed by atoms with Gasteiger partial charge in [-0.25, -0.2) is 14.3 Å². The minimum Gasteiger partial charge on any atom is -0.497 e. The predicted molar refractivity (Wildman–Crippen MR) is 82.1 cm³/mol. The van der Waals surface area contributed by atoms with Gasteiger partial charge in [-0.2, -0.15) is 0 Å². The lowest BCUT2D eigenvalue weighted by molar-refractivity contribution is 0.202. The Morgan fingerprint density at radius 1 is 1.05 bits per heavy atom. The van der Waals surface area contributed by atoms with Gasteiger partial charge in [0.05, 0.1) is 12.8 Å². The molecule has 0 saturated heterocycles. The molecule has 0 amide bonds. The average Bonchev–Trinajstić information content (AvgIpc) is 3.06. The maximum absolute atomic E-state index is 12.1. The van der Waals surface area contributed by atoms with Crippen molar-refractivity contribution < 1.29 is 14.3 Å². The molecule has 5 heteroatoms. The Hall–Kier alpha value is -3.08. The van der Waals surface area contributed by atoms with E-state index in [4.69, 9.17) is 9.47 Å². The SMILES string of the molecule is COc1cccc(-c2cn(C(=O)Oc3ccccc3)cn2)c1. The van der Waals surface area contributed by atoms with Crippen LogP contribution in [0, 0.1) is 0 Å². The van der Waals surface area contributed by atoms with Gasteiger partial charge in [0.2, 0.25) is 0 Å². The number of ether oxygens (including phenoxy) is 2. The minimum atomic E-state index is -0.507. The molecule has 110 valence electrons. The van der Waals surface area contributed by atoms with Gasteiger partial charge < -0.3 is 9.47 Å². The summed E-state index contributed by atoms with van der Waals surface area (Å²) in [6.07, 6.45) is 2.55. The number of benzene rings is 2. The molecule has 0 saturated carbocycles. The van der Waals surface area contributed by atoms with Crippen molar-refractivity contribution in [3.05, 3.63) is 67.1 Å². The van der Waals surface area contributed by atoms with Crippen LogP contribution < -0.4 is 9.47 Å². The molecule has 3 rings (SSSR count). The van der Waals surface area contributed by atoms with Gasteiger partial charge in [0.25, 0.3) is 0 Å². The van der Waals surface area contributed by atoms with Crippen molar-refractivity contribution in [1.29, 1.82) is 0 Å². The number of carbonyl (C=O) groups excluding carboxylic acids is 1. The van der Waals surface area contributed by atoms with E-state index in [1.807, 2.05) is 30.3 Å². The van der Waals surface area contributed by atoms with Crippen LogP contribution in [0.5, 0.6) is 11.5 Å². The summed E-state index contributed by atoms with van der Waals surface area (Å²) < 4.78 is 11.7. The Bertz CT molecular complexity index is 781. The summed E-state index contributed by atoms with van der Waals surface area (Å²) in [6.45, 7) is 0. The molecule has 0 aliphatic rings. The van der Waals surface area contributed by atoms with Crippen molar-refractivity contribution in [3.63, 3.8) is 0 Å². The normalized spacial score (nSPS) is 10.2. The first kappa shape index (κ1) is 13.9. The van der Waals surface area contributed by atoms with Gasteiger partial charge in [0.15, 0.2) is 0 Å². The smallest absolute Gasteiger partial charge is 0.424 e. The lowest BCUT2D eigenvalue weighted by Crippen LogP contribution is -2.14. The third-order valence-electron chi connectivity index (χ3n) is 3.11. The van der Waals surface area contributed by atoms with E-state index in [0.29, 0.717) is 11.4 Å². The summed E-state index contributed by atoms with van der Waals surface area (Å²) in [6, 6.07) is 16.4. The second-order valence-electron chi connectivity index (χ2n) is 4.58. The fourth-order valence-corrected chi connectivity index (χ4v) is 2.00. The molecule has 0 fully saturated rings. The Balaban J connectivity index is 1.79. The number of methoxy groups -OCH3 is 1. The average molecular weight is 294 g/mol. The molecular formula is C17H14N2O3. The zero-order chi connectivity index (χ0) is 15.4. The molecule has 0 bridgehead atoms. The molecule has 0 N–H and O–H groups in total. The highest BCUT2D eigenvalue weighted by Gasteiger charge is 2.10. The highest BCUT2D eigenvalue weighted by Crippen LogP contribution is 2.22. The summed E-state index contributed by atoms with van der Waals surface area (Å²) in [7, 11) is 1.61. The standard InChI is InChI=1S/C17H14N2O3/c1-21-15-9-5-6-13(10-15)16-11-19(12-18-16)17(20)22-14-7-3-2-4-8-14/h2-12H,1H3. The van der Waals surface area contributed by atoms with Gasteiger partial charge in [-0.15, -0.1) is 0 Å². The monoisotopic (exact) mass is 294 g/mol. The van der Waals surface area contributed by atoms with Crippen LogP contribution in [-0.4, -0.2) is 22.8 Å². The quantitative estimate of drug-likeness (QED) is 0.740. The lowest BCUT2D eigenvalue weighted by atomic mass is 10.1. The van der Waals surface area contributed by atoms with Crippen molar-refractivity contribution >= 4 is 6.09 Å². The van der Waals surface area contributed by atoms with E-state index in [1.165, 1.54) is 10.9 Å². The number of para-hydroxylation sites is 1. The van der Waals surface area contributed by atoms with Crippen molar-refractivity contribution in [2.45, 2.75) is 0 Å². The third-order valence-corrected chi connectivity index (χ3v) is 3.11. The maximum Gasteiger partial charge on any atom is 0.424 e. The van der Waals surface area contributed by atoms with Crippen LogP contribution in [0.2, 0.25) is 0 Å². The molecule has 0 radical (unpaired) electrons. The largest absolute Gasteiger partial charge is 0.497 e. The van der Waals surface area contributed by atoms with E-state index in [1.54, 1.807) is 37.6 Å². The highest BCUT2D eigenvalue weighted by atomic mass is 16.6. The van der Waals surface area contributed by atoms with Gasteiger partial charge >= 0.3 is 6.09 Å². The van der Waals surface area contributed by atoms with Crippen LogP contribution in [-0.2, 0) is 0 Å². The number of rotatable bonds is 3. The Kier molecular flexibility index (Phi) is 3.87. The Labute approximate surface area is 127 Å². The van der Waals surface area contributed by atoms with E-state index in [-0.39, 0.29) is 0 Å². The van der Waals surface area contributed by atoms with E-state index in [9.17, 15) is 4.79 Å². The van der Waals surface area contributed by atoms with Gasteiger partial charge in [-0.1, -0.05) is 30.3 Å². The fraction of sp³-hybridized carbons (Fsp3) is 0.0588. The molecule has 1 heterocycles. The first-order chi connectivity index (χ1) is 10.8. The molecule has 0 aliphatic carbocycles. The molecule has 3 aromatic rings. The van der Waals surface area contributed by atoms with Gasteiger partial charge in [0.1, 0.15) is 17.8 Å². The third kappa shape index (κ3) is 2.98. The number of nitrogens with zero attached hydrogens (tertiary/aromatic N) is 2. The number of carbonyl (C=O) groups is 1. The van der Waals surface area contributed by atoms with Crippen LogP contribution in [0.4, 0.5) is 4.79 Å². The van der Waals surface area contributed by atoms with Gasteiger partial charge in [-0.05, 0) is 24.3 Å². The molecule has 5 nitrogen and oxygen atoms in total. The molecule has 0 unspecified atom stereocenters. The molecule has 0 spiro atoms. The van der Waals surface area contributed by atoms with Crippen molar-refractivity contribution in [2.24, 2.45) is 0 Å². The van der Waals surface area contributed by atoms with E-state index in [0.717, 1.165) is 11.3 Å². The number of aromatic nitrogens is 2. The Morgan fingerprint density at radius 3 is 2.59 bits per heavy atom. The molecule has 0 aliphatic heterocycles. The molecule has 1 aromatic heterocycles. The summed E-state index contributed by atoms with van der Waals surface area (Å²) in [5.74, 6) is 1.23. The number of hydrogen-bond donors (Lipinski definition) is 0. The molecule has 0 atom stereocenters. The summed E-state index contributed by atoms with van der Waals surface area (Å²) in [5.41, 5.74) is 1.54. The zero-order valence-electron chi connectivity index (χ0n) is 12.0. The predicted octanol–water partition coefficient (Wildman–Crippen LogP) is 3.61. The van der Waals surface area contributed by atoms with Crippen molar-refractivity contribution in [3.8, 4) is 22.8 Å². The van der Waals surface area contributed by atoms with Crippen LogP contribution in [0.25, 0.3) is 11.3 Å². The molecular weight excluding hydrogens is 280 g/mol. The van der Waals surface area contributed by atoms with Gasteiger partial charge in [-0.3, -0.25) is 0 Å². The second-order valence-corrected chi connectivity index (χ2v) is 4.58. The molecule has 22 heavy (non-hydrogen) atoms. The second kappa shape index (κ2) is 6.13. The summed E-state index contributed by atoms with van der Waals surface area (Å²) in [5, 5.41) is 0. The van der Waals surface area contributed by atoms with Crippen LogP contribution in [0.3, 0.4) is 0 Å². The first-order valence-electron chi connectivity index (χ1n) is 6.72. The highest BCUT2D eigenvalue weighted by molar-refractivity contribution is 5.75. The van der Waals surface area contributed by atoms with Crippen LogP contribution in [0.1, 0.15) is 0 Å². The summed E-state index contributed by atoms with van der Waals surface area (Å²) in [4.78, 5) is 16.3. The van der Waals surface area contributed by atoms with Crippen molar-refractivity contribution in [1.82, 2.24) is 9.55 Å². The first-order valence-corrected chi connectivity index (χ1v) is 6.72. The lowest BCUT2D eigenvalue weighted by Gasteiger charge is -2.03. The van der Waals surface area contributed by atoms with E-state index < -0.39 is 6.09 Å². The summed E-state index contributed by atoms with van der Waals surface area (Å²) >= 11 is 0. The van der Waals surface area contributed by atoms with Crippen molar-refractivity contribution in [2.75, 3.05) is 7.11 Å². The number of imidazole rings is 1. The van der Waals surface area contributed by atoms with Crippen LogP contribution in [0.15, 0.2) is 67.1 Å². The molecule has 2 aromatic carbocycles. The van der Waals surface area contributed by atoms with E-state index in [2.05, 4.69) is 4.98 Å². The zero-order valence-corrected chi connectivity index (χ0v) is 12.0.